The van der Waals surface area contributed by atoms with Gasteiger partial charge in [0, 0.05) is 13.1 Å². The number of aromatic nitrogens is 4. The van der Waals surface area contributed by atoms with E-state index in [-0.39, 0.29) is 11.7 Å². The van der Waals surface area contributed by atoms with Crippen LogP contribution in [0.1, 0.15) is 29.9 Å². The molecule has 0 unspecified atom stereocenters. The largest absolute Gasteiger partial charge is 0.357 e. The summed E-state index contributed by atoms with van der Waals surface area (Å²) in [7, 11) is 0. The van der Waals surface area contributed by atoms with Crippen LogP contribution in [0.2, 0.25) is 0 Å². The van der Waals surface area contributed by atoms with Crippen LogP contribution >= 0.6 is 0 Å². The van der Waals surface area contributed by atoms with Crippen molar-refractivity contribution in [1.29, 1.82) is 0 Å². The Labute approximate surface area is 116 Å². The Morgan fingerprint density at radius 1 is 1.20 bits per heavy atom. The number of aromatic amines is 1. The van der Waals surface area contributed by atoms with Crippen LogP contribution in [-0.4, -0.2) is 39.2 Å². The quantitative estimate of drug-likeness (QED) is 0.883. The molecule has 1 amide bonds. The summed E-state index contributed by atoms with van der Waals surface area (Å²) in [6.07, 6.45) is 6.68. The van der Waals surface area contributed by atoms with Gasteiger partial charge in [0.05, 0.1) is 11.9 Å². The number of carbonyl (C=O) groups excluding carboxylic acids is 1. The average Bonchev–Trinajstić information content (AvgIpc) is 3.03. The van der Waals surface area contributed by atoms with Crippen LogP contribution in [0.25, 0.3) is 0 Å². The van der Waals surface area contributed by atoms with E-state index >= 15 is 0 Å². The van der Waals surface area contributed by atoms with Crippen molar-refractivity contribution in [2.75, 3.05) is 23.3 Å². The van der Waals surface area contributed by atoms with E-state index in [2.05, 4.69) is 30.4 Å². The van der Waals surface area contributed by atoms with Gasteiger partial charge in [-0.15, -0.1) is 0 Å². The molecule has 0 aromatic carbocycles. The maximum Gasteiger partial charge on any atom is 0.293 e. The van der Waals surface area contributed by atoms with Crippen LogP contribution in [0.5, 0.6) is 0 Å². The van der Waals surface area contributed by atoms with Crippen molar-refractivity contribution in [1.82, 2.24) is 20.2 Å². The van der Waals surface area contributed by atoms with Gasteiger partial charge in [0.25, 0.3) is 5.91 Å². The molecule has 0 atom stereocenters. The van der Waals surface area contributed by atoms with Crippen molar-refractivity contribution in [2.24, 2.45) is 0 Å². The maximum atomic E-state index is 11.8. The van der Waals surface area contributed by atoms with Crippen molar-refractivity contribution >= 4 is 17.4 Å². The SMILES string of the molecule is O=C(Nc1ccc(N2CCCCC2)nc1)c1ncn[nH]1. The number of anilines is 2. The molecule has 0 radical (unpaired) electrons. The zero-order valence-corrected chi connectivity index (χ0v) is 11.0. The fraction of sp³-hybridized carbons (Fsp3) is 0.385. The molecule has 7 nitrogen and oxygen atoms in total. The first-order valence-corrected chi connectivity index (χ1v) is 6.70. The van der Waals surface area contributed by atoms with Gasteiger partial charge in [-0.3, -0.25) is 9.89 Å². The second kappa shape index (κ2) is 5.68. The molecular formula is C13H16N6O. The lowest BCUT2D eigenvalue weighted by molar-refractivity contribution is 0.101. The smallest absolute Gasteiger partial charge is 0.293 e. The second-order valence-corrected chi connectivity index (χ2v) is 4.74. The van der Waals surface area contributed by atoms with Crippen LogP contribution in [0.4, 0.5) is 11.5 Å². The van der Waals surface area contributed by atoms with Crippen LogP contribution in [0.3, 0.4) is 0 Å². The number of pyridine rings is 1. The Morgan fingerprint density at radius 2 is 2.05 bits per heavy atom. The number of hydrogen-bond donors (Lipinski definition) is 2. The Hall–Kier alpha value is -2.44. The number of H-pyrrole nitrogens is 1. The van der Waals surface area contributed by atoms with E-state index in [9.17, 15) is 4.79 Å². The Morgan fingerprint density at radius 3 is 2.70 bits per heavy atom. The molecular weight excluding hydrogens is 256 g/mol. The van der Waals surface area contributed by atoms with Gasteiger partial charge in [-0.2, -0.15) is 5.10 Å². The van der Waals surface area contributed by atoms with Crippen LogP contribution in [-0.2, 0) is 0 Å². The van der Waals surface area contributed by atoms with Gasteiger partial charge in [0.15, 0.2) is 0 Å². The fourth-order valence-electron chi connectivity index (χ4n) is 2.28. The van der Waals surface area contributed by atoms with Crippen LogP contribution in [0.15, 0.2) is 24.7 Å². The lowest BCUT2D eigenvalue weighted by Crippen LogP contribution is -2.30. The second-order valence-electron chi connectivity index (χ2n) is 4.74. The molecule has 3 rings (SSSR count). The van der Waals surface area contributed by atoms with Gasteiger partial charge in [-0.05, 0) is 31.4 Å². The molecule has 104 valence electrons. The first-order chi connectivity index (χ1) is 9.83. The molecule has 1 aliphatic rings. The zero-order valence-electron chi connectivity index (χ0n) is 11.0. The number of nitrogens with zero attached hydrogens (tertiary/aromatic N) is 4. The highest BCUT2D eigenvalue weighted by Crippen LogP contribution is 2.19. The molecule has 2 N–H and O–H groups in total. The number of piperidine rings is 1. The highest BCUT2D eigenvalue weighted by atomic mass is 16.2. The number of rotatable bonds is 3. The summed E-state index contributed by atoms with van der Waals surface area (Å²) in [4.78, 5) is 22.2. The number of amides is 1. The average molecular weight is 272 g/mol. The summed E-state index contributed by atoms with van der Waals surface area (Å²) >= 11 is 0. The third kappa shape index (κ3) is 2.76. The molecule has 1 aliphatic heterocycles. The molecule has 0 aliphatic carbocycles. The summed E-state index contributed by atoms with van der Waals surface area (Å²) in [6, 6.07) is 3.78. The predicted octanol–water partition coefficient (Wildman–Crippen LogP) is 1.44. The van der Waals surface area contributed by atoms with E-state index in [1.165, 1.54) is 25.6 Å². The van der Waals surface area contributed by atoms with Gasteiger partial charge in [0.1, 0.15) is 12.1 Å². The molecule has 0 bridgehead atoms. The molecule has 1 fully saturated rings. The number of nitrogens with one attached hydrogen (secondary N) is 2. The van der Waals surface area contributed by atoms with Crippen LogP contribution < -0.4 is 10.2 Å². The van der Waals surface area contributed by atoms with Gasteiger partial charge in [-0.25, -0.2) is 9.97 Å². The Kier molecular flexibility index (Phi) is 3.58. The predicted molar refractivity (Wildman–Crippen MR) is 74.6 cm³/mol. The monoisotopic (exact) mass is 272 g/mol. The molecule has 1 saturated heterocycles. The maximum absolute atomic E-state index is 11.8. The van der Waals surface area contributed by atoms with Crippen molar-refractivity contribution in [2.45, 2.75) is 19.3 Å². The first-order valence-electron chi connectivity index (χ1n) is 6.70. The minimum atomic E-state index is -0.324. The van der Waals surface area contributed by atoms with Gasteiger partial charge in [-0.1, -0.05) is 0 Å². The van der Waals surface area contributed by atoms with E-state index in [4.69, 9.17) is 0 Å². The summed E-state index contributed by atoms with van der Waals surface area (Å²) in [5.74, 6) is 0.822. The van der Waals surface area contributed by atoms with Crippen LogP contribution in [0, 0.1) is 0 Å². The lowest BCUT2D eigenvalue weighted by Gasteiger charge is -2.27. The highest BCUT2D eigenvalue weighted by Gasteiger charge is 2.13. The highest BCUT2D eigenvalue weighted by molar-refractivity contribution is 6.01. The molecule has 2 aromatic rings. The normalized spacial score (nSPS) is 15.1. The minimum Gasteiger partial charge on any atom is -0.357 e. The number of hydrogen-bond acceptors (Lipinski definition) is 5. The van der Waals surface area contributed by atoms with Gasteiger partial charge >= 0.3 is 0 Å². The third-order valence-electron chi connectivity index (χ3n) is 3.32. The van der Waals surface area contributed by atoms with E-state index < -0.39 is 0 Å². The molecule has 7 heteroatoms. The van der Waals surface area contributed by atoms with Crippen molar-refractivity contribution < 1.29 is 4.79 Å². The Bertz CT molecular complexity index is 559. The van der Waals surface area contributed by atoms with Crippen molar-refractivity contribution in [3.8, 4) is 0 Å². The van der Waals surface area contributed by atoms with E-state index in [1.807, 2.05) is 12.1 Å². The van der Waals surface area contributed by atoms with Crippen molar-refractivity contribution in [3.63, 3.8) is 0 Å². The first kappa shape index (κ1) is 12.6. The molecule has 0 saturated carbocycles. The van der Waals surface area contributed by atoms with E-state index in [0.717, 1.165) is 18.9 Å². The Balaban J connectivity index is 1.65. The molecule has 0 spiro atoms. The van der Waals surface area contributed by atoms with Gasteiger partial charge in [0.2, 0.25) is 5.82 Å². The van der Waals surface area contributed by atoms with Crippen molar-refractivity contribution in [3.05, 3.63) is 30.5 Å². The number of carbonyl (C=O) groups is 1. The third-order valence-corrected chi connectivity index (χ3v) is 3.32. The summed E-state index contributed by atoms with van der Waals surface area (Å²) in [5, 5.41) is 8.88. The molecule has 3 heterocycles. The summed E-state index contributed by atoms with van der Waals surface area (Å²) in [6.45, 7) is 2.10. The lowest BCUT2D eigenvalue weighted by atomic mass is 10.1. The summed E-state index contributed by atoms with van der Waals surface area (Å²) in [5.41, 5.74) is 0.646. The topological polar surface area (TPSA) is 86.8 Å². The minimum absolute atomic E-state index is 0.185. The van der Waals surface area contributed by atoms with E-state index in [0.29, 0.717) is 5.69 Å². The standard InChI is InChI=1S/C13H16N6O/c20-13(12-15-9-16-18-12)17-10-4-5-11(14-8-10)19-6-2-1-3-7-19/h4-5,8-9H,1-3,6-7H2,(H,17,20)(H,15,16,18). The zero-order chi connectivity index (χ0) is 13.8. The molecule has 2 aromatic heterocycles. The van der Waals surface area contributed by atoms with E-state index in [1.54, 1.807) is 6.20 Å². The fourth-order valence-corrected chi connectivity index (χ4v) is 2.28. The van der Waals surface area contributed by atoms with Gasteiger partial charge < -0.3 is 10.2 Å². The summed E-state index contributed by atoms with van der Waals surface area (Å²) < 4.78 is 0. The molecule has 20 heavy (non-hydrogen) atoms.